The summed E-state index contributed by atoms with van der Waals surface area (Å²) in [6.07, 6.45) is 8.99. The van der Waals surface area contributed by atoms with E-state index in [1.54, 1.807) is 23.3 Å². The first kappa shape index (κ1) is 10.1. The van der Waals surface area contributed by atoms with Gasteiger partial charge < -0.3 is 0 Å². The minimum Gasteiger partial charge on any atom is -0.295 e. The molecule has 86 valence electrons. The summed E-state index contributed by atoms with van der Waals surface area (Å²) < 4.78 is 3.66. The Kier molecular flexibility index (Phi) is 2.22. The largest absolute Gasteiger partial charge is 0.295 e. The SMILES string of the molecule is Cn1cc(-c2cnc3c(NCl)nccn23)cn1. The molecular weight excluding hydrogens is 240 g/mol. The van der Waals surface area contributed by atoms with Gasteiger partial charge in [0.15, 0.2) is 11.5 Å². The zero-order valence-electron chi connectivity index (χ0n) is 9.00. The second-order valence-corrected chi connectivity index (χ2v) is 3.80. The van der Waals surface area contributed by atoms with Crippen LogP contribution < -0.4 is 4.84 Å². The molecule has 0 aliphatic heterocycles. The Morgan fingerprint density at radius 3 is 2.88 bits per heavy atom. The van der Waals surface area contributed by atoms with Crippen molar-refractivity contribution in [3.63, 3.8) is 0 Å². The van der Waals surface area contributed by atoms with Gasteiger partial charge in [0.25, 0.3) is 0 Å². The van der Waals surface area contributed by atoms with Gasteiger partial charge in [-0.25, -0.2) is 9.97 Å². The fourth-order valence-electron chi connectivity index (χ4n) is 1.75. The van der Waals surface area contributed by atoms with Gasteiger partial charge in [0.2, 0.25) is 0 Å². The molecule has 6 nitrogen and oxygen atoms in total. The van der Waals surface area contributed by atoms with Crippen molar-refractivity contribution in [1.29, 1.82) is 0 Å². The summed E-state index contributed by atoms with van der Waals surface area (Å²) in [5.41, 5.74) is 2.62. The average Bonchev–Trinajstić information content (AvgIpc) is 2.94. The van der Waals surface area contributed by atoms with Crippen LogP contribution >= 0.6 is 11.8 Å². The fraction of sp³-hybridized carbons (Fsp3) is 0.100. The van der Waals surface area contributed by atoms with Crippen LogP contribution in [0.3, 0.4) is 0 Å². The van der Waals surface area contributed by atoms with Crippen molar-refractivity contribution in [2.75, 3.05) is 4.84 Å². The highest BCUT2D eigenvalue weighted by molar-refractivity contribution is 6.24. The molecule has 0 aromatic carbocycles. The predicted molar refractivity (Wildman–Crippen MR) is 64.7 cm³/mol. The summed E-state index contributed by atoms with van der Waals surface area (Å²) >= 11 is 5.58. The van der Waals surface area contributed by atoms with Gasteiger partial charge in [0.05, 0.1) is 18.1 Å². The summed E-state index contributed by atoms with van der Waals surface area (Å²) in [6.45, 7) is 0. The van der Waals surface area contributed by atoms with Crippen molar-refractivity contribution < 1.29 is 0 Å². The smallest absolute Gasteiger partial charge is 0.184 e. The molecule has 0 saturated heterocycles. The second kappa shape index (κ2) is 3.74. The molecule has 3 rings (SSSR count). The van der Waals surface area contributed by atoms with Gasteiger partial charge in [-0.05, 0) is 0 Å². The van der Waals surface area contributed by atoms with Crippen molar-refractivity contribution in [3.8, 4) is 11.3 Å². The Bertz CT molecular complexity index is 670. The molecule has 3 heterocycles. The van der Waals surface area contributed by atoms with Gasteiger partial charge in [0, 0.05) is 43.0 Å². The van der Waals surface area contributed by atoms with Crippen molar-refractivity contribution in [1.82, 2.24) is 24.1 Å². The molecule has 17 heavy (non-hydrogen) atoms. The number of halogens is 1. The molecule has 0 radical (unpaired) electrons. The first-order chi connectivity index (χ1) is 8.29. The molecule has 3 aromatic rings. The Balaban J connectivity index is 2.25. The maximum absolute atomic E-state index is 5.58. The zero-order valence-corrected chi connectivity index (χ0v) is 9.76. The average molecular weight is 249 g/mol. The van der Waals surface area contributed by atoms with E-state index in [4.69, 9.17) is 11.8 Å². The molecule has 0 fully saturated rings. The monoisotopic (exact) mass is 248 g/mol. The molecule has 0 spiro atoms. The molecule has 0 atom stereocenters. The van der Waals surface area contributed by atoms with Crippen LogP contribution in [-0.2, 0) is 7.05 Å². The number of aromatic nitrogens is 5. The maximum atomic E-state index is 5.58. The standard InChI is InChI=1S/C10H9ClN6/c1-16-6-7(4-14-16)8-5-13-10-9(15-11)12-2-3-17(8)10/h2-6H,1H3,(H,12,15). The van der Waals surface area contributed by atoms with E-state index >= 15 is 0 Å². The molecule has 1 N–H and O–H groups in total. The van der Waals surface area contributed by atoms with E-state index in [1.807, 2.05) is 23.8 Å². The highest BCUT2D eigenvalue weighted by Gasteiger charge is 2.10. The molecule has 0 aliphatic rings. The van der Waals surface area contributed by atoms with Crippen LogP contribution in [0.5, 0.6) is 0 Å². The Morgan fingerprint density at radius 1 is 1.29 bits per heavy atom. The number of imidazole rings is 1. The lowest BCUT2D eigenvalue weighted by Crippen LogP contribution is -1.94. The number of anilines is 1. The van der Waals surface area contributed by atoms with Crippen LogP contribution in [0.2, 0.25) is 0 Å². The summed E-state index contributed by atoms with van der Waals surface area (Å²) in [7, 11) is 1.88. The third-order valence-electron chi connectivity index (χ3n) is 2.52. The first-order valence-electron chi connectivity index (χ1n) is 4.97. The van der Waals surface area contributed by atoms with E-state index in [2.05, 4.69) is 19.9 Å². The van der Waals surface area contributed by atoms with Crippen LogP contribution in [0.25, 0.3) is 16.9 Å². The van der Waals surface area contributed by atoms with Crippen molar-refractivity contribution in [2.45, 2.75) is 0 Å². The molecule has 0 unspecified atom stereocenters. The third-order valence-corrected chi connectivity index (χ3v) is 2.70. The molecule has 0 saturated carbocycles. The van der Waals surface area contributed by atoms with Crippen molar-refractivity contribution in [2.24, 2.45) is 7.05 Å². The lowest BCUT2D eigenvalue weighted by molar-refractivity contribution is 0.768. The summed E-state index contributed by atoms with van der Waals surface area (Å²) in [6, 6.07) is 0. The highest BCUT2D eigenvalue weighted by Crippen LogP contribution is 2.22. The van der Waals surface area contributed by atoms with Crippen LogP contribution in [0, 0.1) is 0 Å². The van der Waals surface area contributed by atoms with Crippen molar-refractivity contribution >= 4 is 23.2 Å². The minimum atomic E-state index is 0.532. The van der Waals surface area contributed by atoms with Crippen LogP contribution in [-0.4, -0.2) is 24.1 Å². The van der Waals surface area contributed by atoms with Gasteiger partial charge in [-0.3, -0.25) is 13.9 Å². The van der Waals surface area contributed by atoms with Crippen molar-refractivity contribution in [3.05, 3.63) is 31.0 Å². The number of fused-ring (bicyclic) bond motifs is 1. The molecular formula is C10H9ClN6. The van der Waals surface area contributed by atoms with E-state index in [0.717, 1.165) is 11.3 Å². The van der Waals surface area contributed by atoms with Gasteiger partial charge in [0.1, 0.15) is 0 Å². The topological polar surface area (TPSA) is 60.0 Å². The van der Waals surface area contributed by atoms with Gasteiger partial charge in [-0.1, -0.05) is 0 Å². The highest BCUT2D eigenvalue weighted by atomic mass is 35.5. The molecule has 0 amide bonds. The predicted octanol–water partition coefficient (Wildman–Crippen LogP) is 1.70. The minimum absolute atomic E-state index is 0.532. The quantitative estimate of drug-likeness (QED) is 0.701. The fourth-order valence-corrected chi connectivity index (χ4v) is 1.89. The van der Waals surface area contributed by atoms with Gasteiger partial charge in [-0.15, -0.1) is 0 Å². The Labute approximate surface area is 102 Å². The van der Waals surface area contributed by atoms with E-state index in [9.17, 15) is 0 Å². The molecule has 3 aromatic heterocycles. The van der Waals surface area contributed by atoms with E-state index in [1.165, 1.54) is 0 Å². The Hall–Kier alpha value is -2.08. The summed E-state index contributed by atoms with van der Waals surface area (Å²) in [5.74, 6) is 0.532. The number of nitrogens with one attached hydrogen (secondary N) is 1. The molecule has 0 bridgehead atoms. The number of hydrogen-bond donors (Lipinski definition) is 1. The van der Waals surface area contributed by atoms with Crippen LogP contribution in [0.1, 0.15) is 0 Å². The van der Waals surface area contributed by atoms with Crippen LogP contribution in [0.15, 0.2) is 31.0 Å². The van der Waals surface area contributed by atoms with Crippen LogP contribution in [0.4, 0.5) is 5.82 Å². The lowest BCUT2D eigenvalue weighted by Gasteiger charge is -2.01. The maximum Gasteiger partial charge on any atom is 0.184 e. The van der Waals surface area contributed by atoms with E-state index in [-0.39, 0.29) is 0 Å². The number of nitrogens with zero attached hydrogens (tertiary/aromatic N) is 5. The van der Waals surface area contributed by atoms with Gasteiger partial charge in [-0.2, -0.15) is 5.10 Å². The lowest BCUT2D eigenvalue weighted by atomic mass is 10.3. The van der Waals surface area contributed by atoms with E-state index in [0.29, 0.717) is 11.5 Å². The first-order valence-corrected chi connectivity index (χ1v) is 5.35. The zero-order chi connectivity index (χ0) is 11.8. The number of hydrogen-bond acceptors (Lipinski definition) is 4. The van der Waals surface area contributed by atoms with E-state index < -0.39 is 0 Å². The summed E-state index contributed by atoms with van der Waals surface area (Å²) in [4.78, 5) is 10.9. The number of aryl methyl sites for hydroxylation is 1. The number of rotatable bonds is 2. The second-order valence-electron chi connectivity index (χ2n) is 3.61. The normalized spacial score (nSPS) is 10.9. The third kappa shape index (κ3) is 1.53. The molecule has 0 aliphatic carbocycles. The Morgan fingerprint density at radius 2 is 2.18 bits per heavy atom. The van der Waals surface area contributed by atoms with Gasteiger partial charge >= 0.3 is 0 Å². The summed E-state index contributed by atoms with van der Waals surface area (Å²) in [5, 5.41) is 4.14. The molecule has 7 heteroatoms.